The molecule has 0 aromatic carbocycles. The van der Waals surface area contributed by atoms with Gasteiger partial charge in [0.05, 0.1) is 26.4 Å². The molecule has 0 aromatic rings. The molecular weight excluding hydrogens is 328 g/mol. The Morgan fingerprint density at radius 3 is 1.96 bits per heavy atom. The molecule has 0 fully saturated rings. The third-order valence-corrected chi connectivity index (χ3v) is 3.18. The molecule has 8 nitrogen and oxygen atoms in total. The van der Waals surface area contributed by atoms with Crippen LogP contribution in [0.25, 0.3) is 0 Å². The number of Topliss-reactive ketones (excluding diaryl/α,β-unsaturated/α-hetero) is 1. The number of nitrogens with one attached hydrogen (secondary N) is 2. The van der Waals surface area contributed by atoms with Crippen LogP contribution < -0.4 is 10.6 Å². The minimum Gasteiger partial charge on any atom is -0.379 e. The molecule has 0 aromatic heterocycles. The Kier molecular flexibility index (Phi) is 15.0. The van der Waals surface area contributed by atoms with Crippen molar-refractivity contribution in [2.24, 2.45) is 5.92 Å². The standard InChI is InChI=1S/C17H32N2O6.2H2/c1-4-23-13-17(22)19-8-12-25-10-6-16(21)18-7-11-24-9-5-15(20)14(2)3;;/h14H,4-13H2,1-3H3,(H,18,21)(H,19,22);2*1H. The molecule has 0 unspecified atom stereocenters. The predicted octanol–water partition coefficient (Wildman–Crippen LogP) is 0.786. The van der Waals surface area contributed by atoms with Gasteiger partial charge >= 0.3 is 0 Å². The Hall–Kier alpha value is -1.51. The molecule has 8 heteroatoms. The molecule has 0 bridgehead atoms. The van der Waals surface area contributed by atoms with E-state index in [4.69, 9.17) is 14.2 Å². The van der Waals surface area contributed by atoms with Crippen LogP contribution in [0.5, 0.6) is 0 Å². The lowest BCUT2D eigenvalue weighted by molar-refractivity contribution is -0.126. The van der Waals surface area contributed by atoms with Gasteiger partial charge in [0.25, 0.3) is 0 Å². The highest BCUT2D eigenvalue weighted by atomic mass is 16.5. The smallest absolute Gasteiger partial charge is 0.246 e. The van der Waals surface area contributed by atoms with Gasteiger partial charge in [-0.1, -0.05) is 13.8 Å². The Balaban J connectivity index is -0.00000288. The SMILES string of the molecule is CCOCC(=O)NCCOCCC(=O)NCCOCCC(=O)C(C)C.[HH].[HH]. The summed E-state index contributed by atoms with van der Waals surface area (Å²) in [5, 5.41) is 5.35. The summed E-state index contributed by atoms with van der Waals surface area (Å²) in [5.41, 5.74) is 0. The van der Waals surface area contributed by atoms with Crippen LogP contribution in [-0.2, 0) is 28.6 Å². The lowest BCUT2D eigenvalue weighted by Gasteiger charge is -2.08. The van der Waals surface area contributed by atoms with Crippen molar-refractivity contribution in [1.82, 2.24) is 10.6 Å². The maximum absolute atomic E-state index is 11.5. The molecule has 25 heavy (non-hydrogen) atoms. The van der Waals surface area contributed by atoms with E-state index in [0.717, 1.165) is 0 Å². The summed E-state index contributed by atoms with van der Waals surface area (Å²) < 4.78 is 15.5. The van der Waals surface area contributed by atoms with Crippen LogP contribution in [0.15, 0.2) is 0 Å². The summed E-state index contributed by atoms with van der Waals surface area (Å²) in [6, 6.07) is 0. The van der Waals surface area contributed by atoms with Crippen molar-refractivity contribution >= 4 is 17.6 Å². The van der Waals surface area contributed by atoms with Gasteiger partial charge in [-0.2, -0.15) is 0 Å². The molecule has 2 amide bonds. The van der Waals surface area contributed by atoms with Crippen molar-refractivity contribution in [1.29, 1.82) is 0 Å². The number of rotatable bonds is 16. The highest BCUT2D eigenvalue weighted by molar-refractivity contribution is 5.80. The highest BCUT2D eigenvalue weighted by Crippen LogP contribution is 1.98. The molecule has 0 aliphatic heterocycles. The molecule has 0 saturated carbocycles. The summed E-state index contributed by atoms with van der Waals surface area (Å²) in [7, 11) is 0. The van der Waals surface area contributed by atoms with Gasteiger partial charge in [-0.05, 0) is 6.92 Å². The van der Waals surface area contributed by atoms with Crippen molar-refractivity contribution in [3.63, 3.8) is 0 Å². The molecule has 0 rings (SSSR count). The number of carbonyl (C=O) groups is 3. The van der Waals surface area contributed by atoms with Crippen LogP contribution in [0.3, 0.4) is 0 Å². The first-order valence-electron chi connectivity index (χ1n) is 8.76. The second kappa shape index (κ2) is 16.0. The summed E-state index contributed by atoms with van der Waals surface area (Å²) in [4.78, 5) is 34.1. The maximum atomic E-state index is 11.5. The summed E-state index contributed by atoms with van der Waals surface area (Å²) in [6.45, 7) is 8.27. The van der Waals surface area contributed by atoms with E-state index in [0.29, 0.717) is 45.9 Å². The number of ketones is 1. The minimum absolute atomic E-state index is 0. The first-order chi connectivity index (χ1) is 12.0. The van der Waals surface area contributed by atoms with Gasteiger partial charge in [0.1, 0.15) is 12.4 Å². The summed E-state index contributed by atoms with van der Waals surface area (Å²) in [6.07, 6.45) is 0.652. The molecule has 0 saturated heterocycles. The Morgan fingerprint density at radius 1 is 0.840 bits per heavy atom. The third kappa shape index (κ3) is 15.7. The fourth-order valence-corrected chi connectivity index (χ4v) is 1.69. The molecule has 2 N–H and O–H groups in total. The summed E-state index contributed by atoms with van der Waals surface area (Å²) in [5.74, 6) is -0.0999. The van der Waals surface area contributed by atoms with Gasteiger partial charge in [-0.3, -0.25) is 14.4 Å². The average molecular weight is 364 g/mol. The number of amides is 2. The van der Waals surface area contributed by atoms with Gasteiger partial charge in [0.15, 0.2) is 0 Å². The van der Waals surface area contributed by atoms with Crippen LogP contribution in [-0.4, -0.2) is 70.3 Å². The van der Waals surface area contributed by atoms with E-state index in [1.165, 1.54) is 0 Å². The zero-order chi connectivity index (χ0) is 18.9. The van der Waals surface area contributed by atoms with Crippen molar-refractivity contribution in [3.05, 3.63) is 0 Å². The van der Waals surface area contributed by atoms with E-state index in [9.17, 15) is 14.4 Å². The van der Waals surface area contributed by atoms with Crippen molar-refractivity contribution in [2.75, 3.05) is 52.7 Å². The predicted molar refractivity (Wildman–Crippen MR) is 97.5 cm³/mol. The second-order valence-corrected chi connectivity index (χ2v) is 5.68. The van der Waals surface area contributed by atoms with E-state index in [1.54, 1.807) is 0 Å². The Bertz CT molecular complexity index is 398. The van der Waals surface area contributed by atoms with Gasteiger partial charge < -0.3 is 24.8 Å². The number of ether oxygens (including phenoxy) is 3. The molecule has 0 aliphatic rings. The zero-order valence-electron chi connectivity index (χ0n) is 15.6. The molecule has 0 aliphatic carbocycles. The fraction of sp³-hybridized carbons (Fsp3) is 0.824. The zero-order valence-corrected chi connectivity index (χ0v) is 15.6. The van der Waals surface area contributed by atoms with Gasteiger partial charge in [-0.15, -0.1) is 0 Å². The third-order valence-electron chi connectivity index (χ3n) is 3.18. The lowest BCUT2D eigenvalue weighted by atomic mass is 10.1. The first kappa shape index (κ1) is 23.5. The van der Waals surface area contributed by atoms with E-state index in [1.807, 2.05) is 20.8 Å². The fourth-order valence-electron chi connectivity index (χ4n) is 1.69. The second-order valence-electron chi connectivity index (χ2n) is 5.68. The van der Waals surface area contributed by atoms with Crippen molar-refractivity contribution in [2.45, 2.75) is 33.6 Å². The molecule has 0 atom stereocenters. The minimum atomic E-state index is -0.182. The van der Waals surface area contributed by atoms with Crippen molar-refractivity contribution in [3.8, 4) is 0 Å². The molecule has 150 valence electrons. The van der Waals surface area contributed by atoms with Gasteiger partial charge in [0, 0.05) is 41.3 Å². The molecule has 0 heterocycles. The van der Waals surface area contributed by atoms with Gasteiger partial charge in [0.2, 0.25) is 11.8 Å². The quantitative estimate of drug-likeness (QED) is 0.393. The van der Waals surface area contributed by atoms with E-state index < -0.39 is 0 Å². The maximum Gasteiger partial charge on any atom is 0.246 e. The van der Waals surface area contributed by atoms with Crippen LogP contribution in [0.1, 0.15) is 36.5 Å². The van der Waals surface area contributed by atoms with Crippen LogP contribution in [0.2, 0.25) is 0 Å². The molecular formula is C17H36N2O6. The van der Waals surface area contributed by atoms with E-state index >= 15 is 0 Å². The van der Waals surface area contributed by atoms with Crippen LogP contribution in [0, 0.1) is 5.92 Å². The summed E-state index contributed by atoms with van der Waals surface area (Å²) >= 11 is 0. The number of carbonyl (C=O) groups excluding carboxylic acids is 3. The van der Waals surface area contributed by atoms with Crippen molar-refractivity contribution < 1.29 is 31.4 Å². The Morgan fingerprint density at radius 2 is 1.40 bits per heavy atom. The largest absolute Gasteiger partial charge is 0.379 e. The van der Waals surface area contributed by atoms with Crippen LogP contribution in [0.4, 0.5) is 0 Å². The van der Waals surface area contributed by atoms with E-state index in [-0.39, 0.29) is 46.0 Å². The van der Waals surface area contributed by atoms with Gasteiger partial charge in [-0.25, -0.2) is 0 Å². The molecule has 0 radical (unpaired) electrons. The Labute approximate surface area is 152 Å². The monoisotopic (exact) mass is 364 g/mol. The first-order valence-corrected chi connectivity index (χ1v) is 8.76. The molecule has 0 spiro atoms. The number of hydrogen-bond acceptors (Lipinski definition) is 6. The van der Waals surface area contributed by atoms with E-state index in [2.05, 4.69) is 10.6 Å². The van der Waals surface area contributed by atoms with Crippen LogP contribution >= 0.6 is 0 Å². The highest BCUT2D eigenvalue weighted by Gasteiger charge is 2.06. The number of hydrogen-bond donors (Lipinski definition) is 2. The topological polar surface area (TPSA) is 103 Å². The lowest BCUT2D eigenvalue weighted by Crippen LogP contribution is -2.31. The average Bonchev–Trinajstić information content (AvgIpc) is 2.58. The normalized spacial score (nSPS) is 10.7.